The zero-order valence-corrected chi connectivity index (χ0v) is 12.1. The number of methoxy groups -OCH3 is 1. The van der Waals surface area contributed by atoms with E-state index in [1.807, 2.05) is 13.8 Å². The normalized spacial score (nSPS) is 14.5. The SMILES string of the molecule is COC(=O)c1c(NC(C)C)sc(C(=O)C2CC2)c1N. The molecule has 1 saturated carbocycles. The maximum Gasteiger partial charge on any atom is 0.343 e. The predicted molar refractivity (Wildman–Crippen MR) is 75.9 cm³/mol. The molecule has 0 unspecified atom stereocenters. The highest BCUT2D eigenvalue weighted by Crippen LogP contribution is 2.42. The number of nitrogen functional groups attached to an aromatic ring is 1. The number of carbonyl (C=O) groups is 2. The van der Waals surface area contributed by atoms with Crippen LogP contribution in [0.3, 0.4) is 0 Å². The molecule has 0 aromatic carbocycles. The van der Waals surface area contributed by atoms with Crippen LogP contribution in [0.1, 0.15) is 46.7 Å². The molecule has 104 valence electrons. The second-order valence-corrected chi connectivity index (χ2v) is 6.00. The third-order valence-corrected chi connectivity index (χ3v) is 4.08. The quantitative estimate of drug-likeness (QED) is 0.640. The van der Waals surface area contributed by atoms with Gasteiger partial charge in [-0.15, -0.1) is 11.3 Å². The van der Waals surface area contributed by atoms with Gasteiger partial charge in [0.2, 0.25) is 0 Å². The van der Waals surface area contributed by atoms with Gasteiger partial charge in [-0.1, -0.05) is 0 Å². The summed E-state index contributed by atoms with van der Waals surface area (Å²) in [6.45, 7) is 3.92. The van der Waals surface area contributed by atoms with Gasteiger partial charge in [-0.2, -0.15) is 0 Å². The summed E-state index contributed by atoms with van der Waals surface area (Å²) in [4.78, 5) is 24.4. The average Bonchev–Trinajstić information content (AvgIpc) is 3.13. The number of rotatable bonds is 5. The molecular formula is C13H18N2O3S. The highest BCUT2D eigenvalue weighted by atomic mass is 32.1. The molecule has 0 bridgehead atoms. The number of thiophene rings is 1. The largest absolute Gasteiger partial charge is 0.465 e. The number of carbonyl (C=O) groups excluding carboxylic acids is 2. The van der Waals surface area contributed by atoms with Crippen LogP contribution in [-0.2, 0) is 4.74 Å². The van der Waals surface area contributed by atoms with Crippen molar-refractivity contribution in [3.05, 3.63) is 10.4 Å². The zero-order valence-electron chi connectivity index (χ0n) is 11.3. The van der Waals surface area contributed by atoms with Crippen LogP contribution in [-0.4, -0.2) is 24.9 Å². The topological polar surface area (TPSA) is 81.4 Å². The van der Waals surface area contributed by atoms with E-state index in [1.54, 1.807) is 0 Å². The third kappa shape index (κ3) is 2.73. The van der Waals surface area contributed by atoms with E-state index in [0.29, 0.717) is 9.88 Å². The van der Waals surface area contributed by atoms with Crippen LogP contribution < -0.4 is 11.1 Å². The van der Waals surface area contributed by atoms with Crippen LogP contribution >= 0.6 is 11.3 Å². The second kappa shape index (κ2) is 5.21. The number of hydrogen-bond acceptors (Lipinski definition) is 6. The summed E-state index contributed by atoms with van der Waals surface area (Å²) in [5, 5.41) is 3.76. The summed E-state index contributed by atoms with van der Waals surface area (Å²) in [5.41, 5.74) is 6.50. The Morgan fingerprint density at radius 2 is 2.05 bits per heavy atom. The summed E-state index contributed by atoms with van der Waals surface area (Å²) >= 11 is 1.25. The molecule has 0 aliphatic heterocycles. The Kier molecular flexibility index (Phi) is 3.80. The average molecular weight is 282 g/mol. The molecule has 19 heavy (non-hydrogen) atoms. The summed E-state index contributed by atoms with van der Waals surface area (Å²) in [6, 6.07) is 0.144. The fourth-order valence-corrected chi connectivity index (χ4v) is 3.10. The highest BCUT2D eigenvalue weighted by Gasteiger charge is 2.35. The van der Waals surface area contributed by atoms with Crippen molar-refractivity contribution >= 4 is 33.8 Å². The Morgan fingerprint density at radius 1 is 1.42 bits per heavy atom. The molecule has 1 aromatic heterocycles. The minimum Gasteiger partial charge on any atom is -0.465 e. The van der Waals surface area contributed by atoms with E-state index in [2.05, 4.69) is 5.32 Å². The molecule has 1 aromatic rings. The minimum atomic E-state index is -0.508. The van der Waals surface area contributed by atoms with Crippen molar-refractivity contribution < 1.29 is 14.3 Å². The molecule has 0 amide bonds. The van der Waals surface area contributed by atoms with E-state index in [1.165, 1.54) is 18.4 Å². The molecule has 6 heteroatoms. The minimum absolute atomic E-state index is 0.0458. The molecule has 0 atom stereocenters. The first-order chi connectivity index (χ1) is 8.95. The summed E-state index contributed by atoms with van der Waals surface area (Å²) in [5.74, 6) is -0.380. The number of ketones is 1. The van der Waals surface area contributed by atoms with E-state index in [-0.39, 0.29) is 29.0 Å². The molecule has 1 heterocycles. The number of anilines is 2. The lowest BCUT2D eigenvalue weighted by Gasteiger charge is -2.09. The van der Waals surface area contributed by atoms with Crippen LogP contribution in [0.25, 0.3) is 0 Å². The molecular weight excluding hydrogens is 264 g/mol. The van der Waals surface area contributed by atoms with E-state index in [9.17, 15) is 9.59 Å². The maximum atomic E-state index is 12.1. The van der Waals surface area contributed by atoms with Gasteiger partial charge in [-0.3, -0.25) is 4.79 Å². The Hall–Kier alpha value is -1.56. The van der Waals surface area contributed by atoms with E-state index < -0.39 is 5.97 Å². The van der Waals surface area contributed by atoms with Crippen molar-refractivity contribution in [1.29, 1.82) is 0 Å². The number of nitrogens with two attached hydrogens (primary N) is 1. The van der Waals surface area contributed by atoms with Crippen LogP contribution in [0.2, 0.25) is 0 Å². The molecule has 2 rings (SSSR count). The molecule has 1 aliphatic carbocycles. The first kappa shape index (κ1) is 13.9. The second-order valence-electron chi connectivity index (χ2n) is 4.98. The molecule has 3 N–H and O–H groups in total. The van der Waals surface area contributed by atoms with Crippen molar-refractivity contribution in [3.63, 3.8) is 0 Å². The highest BCUT2D eigenvalue weighted by molar-refractivity contribution is 7.19. The third-order valence-electron chi connectivity index (χ3n) is 2.93. The van der Waals surface area contributed by atoms with Gasteiger partial charge in [0.25, 0.3) is 0 Å². The number of esters is 1. The number of ether oxygens (including phenoxy) is 1. The van der Waals surface area contributed by atoms with Crippen LogP contribution in [0, 0.1) is 5.92 Å². The molecule has 5 nitrogen and oxygen atoms in total. The Balaban J connectivity index is 2.43. The molecule has 0 saturated heterocycles. The number of nitrogens with one attached hydrogen (secondary N) is 1. The van der Waals surface area contributed by atoms with E-state index in [4.69, 9.17) is 10.5 Å². The zero-order chi connectivity index (χ0) is 14.2. The lowest BCUT2D eigenvalue weighted by molar-refractivity contribution is 0.0603. The standard InChI is InChI=1S/C13H18N2O3S/c1-6(2)15-12-8(13(17)18-3)9(14)11(19-12)10(16)7-4-5-7/h6-7,15H,4-5,14H2,1-3H3. The van der Waals surface area contributed by atoms with Gasteiger partial charge in [-0.25, -0.2) is 4.79 Å². The smallest absolute Gasteiger partial charge is 0.343 e. The predicted octanol–water partition coefficient (Wildman–Crippen LogP) is 2.53. The first-order valence-corrected chi connectivity index (χ1v) is 7.08. The van der Waals surface area contributed by atoms with Crippen LogP contribution in [0.4, 0.5) is 10.7 Å². The molecule has 1 fully saturated rings. The molecule has 1 aliphatic rings. The van der Waals surface area contributed by atoms with E-state index >= 15 is 0 Å². The maximum absolute atomic E-state index is 12.1. The Labute approximate surface area is 116 Å². The van der Waals surface area contributed by atoms with Gasteiger partial charge < -0.3 is 15.8 Å². The first-order valence-electron chi connectivity index (χ1n) is 6.27. The van der Waals surface area contributed by atoms with Gasteiger partial charge in [-0.05, 0) is 26.7 Å². The van der Waals surface area contributed by atoms with Crippen molar-refractivity contribution in [3.8, 4) is 0 Å². The lowest BCUT2D eigenvalue weighted by Crippen LogP contribution is -2.13. The van der Waals surface area contributed by atoms with Crippen LogP contribution in [0.5, 0.6) is 0 Å². The van der Waals surface area contributed by atoms with Crippen molar-refractivity contribution in [1.82, 2.24) is 0 Å². The fraction of sp³-hybridized carbons (Fsp3) is 0.538. The van der Waals surface area contributed by atoms with Crippen molar-refractivity contribution in [2.24, 2.45) is 5.92 Å². The van der Waals surface area contributed by atoms with Crippen molar-refractivity contribution in [2.75, 3.05) is 18.2 Å². The number of Topliss-reactive ketones (excluding diaryl/α,β-unsaturated/α-hetero) is 1. The van der Waals surface area contributed by atoms with E-state index in [0.717, 1.165) is 12.8 Å². The molecule has 0 spiro atoms. The van der Waals surface area contributed by atoms with Gasteiger partial charge in [0.05, 0.1) is 17.7 Å². The summed E-state index contributed by atoms with van der Waals surface area (Å²) < 4.78 is 4.74. The van der Waals surface area contributed by atoms with Crippen LogP contribution in [0.15, 0.2) is 0 Å². The van der Waals surface area contributed by atoms with Gasteiger partial charge in [0.15, 0.2) is 5.78 Å². The Morgan fingerprint density at radius 3 is 2.53 bits per heavy atom. The summed E-state index contributed by atoms with van der Waals surface area (Å²) in [6.07, 6.45) is 1.83. The van der Waals surface area contributed by atoms with Gasteiger partial charge >= 0.3 is 5.97 Å². The Bertz CT molecular complexity index is 518. The number of hydrogen-bond donors (Lipinski definition) is 2. The van der Waals surface area contributed by atoms with Gasteiger partial charge in [0, 0.05) is 12.0 Å². The van der Waals surface area contributed by atoms with Crippen molar-refractivity contribution in [2.45, 2.75) is 32.7 Å². The summed E-state index contributed by atoms with van der Waals surface area (Å²) in [7, 11) is 1.31. The lowest BCUT2D eigenvalue weighted by atomic mass is 10.1. The molecule has 0 radical (unpaired) electrons. The van der Waals surface area contributed by atoms with Gasteiger partial charge in [0.1, 0.15) is 10.6 Å². The monoisotopic (exact) mass is 282 g/mol. The fourth-order valence-electron chi connectivity index (χ4n) is 1.83.